The molecular formula is C17H22N4O3. The van der Waals surface area contributed by atoms with Crippen LogP contribution in [0.5, 0.6) is 0 Å². The van der Waals surface area contributed by atoms with Gasteiger partial charge in [0.25, 0.3) is 5.69 Å². The van der Waals surface area contributed by atoms with Crippen molar-refractivity contribution in [1.82, 2.24) is 5.32 Å². The van der Waals surface area contributed by atoms with E-state index in [0.29, 0.717) is 0 Å². The van der Waals surface area contributed by atoms with Crippen molar-refractivity contribution in [1.29, 1.82) is 0 Å². The lowest BCUT2D eigenvalue weighted by molar-refractivity contribution is -0.384. The van der Waals surface area contributed by atoms with E-state index in [4.69, 9.17) is 0 Å². The Kier molecular flexibility index (Phi) is 3.78. The Hall–Kier alpha value is -2.31. The molecule has 1 amide bonds. The molecule has 128 valence electrons. The first-order valence-corrected chi connectivity index (χ1v) is 8.73. The van der Waals surface area contributed by atoms with Crippen LogP contribution in [-0.4, -0.2) is 36.5 Å². The third-order valence-electron chi connectivity index (χ3n) is 5.25. The Morgan fingerprint density at radius 3 is 2.67 bits per heavy atom. The molecule has 24 heavy (non-hydrogen) atoms. The van der Waals surface area contributed by atoms with Gasteiger partial charge in [-0.25, -0.2) is 0 Å². The fourth-order valence-corrected chi connectivity index (χ4v) is 3.78. The summed E-state index contributed by atoms with van der Waals surface area (Å²) in [5.74, 6) is 0.414. The summed E-state index contributed by atoms with van der Waals surface area (Å²) < 4.78 is 0. The Morgan fingerprint density at radius 2 is 2.00 bits per heavy atom. The van der Waals surface area contributed by atoms with Gasteiger partial charge in [0, 0.05) is 48.9 Å². The van der Waals surface area contributed by atoms with Gasteiger partial charge in [-0.2, -0.15) is 0 Å². The van der Waals surface area contributed by atoms with Gasteiger partial charge in [0.05, 0.1) is 4.92 Å². The molecule has 1 saturated carbocycles. The number of nitro groups is 1. The number of nitrogens with one attached hydrogen (secondary N) is 2. The Bertz CT molecular complexity index is 679. The van der Waals surface area contributed by atoms with Gasteiger partial charge in [0.1, 0.15) is 5.69 Å². The summed E-state index contributed by atoms with van der Waals surface area (Å²) in [4.78, 5) is 25.2. The molecular weight excluding hydrogens is 308 g/mol. The molecule has 0 aromatic heterocycles. The monoisotopic (exact) mass is 330 g/mol. The molecule has 2 aliphatic heterocycles. The zero-order valence-corrected chi connectivity index (χ0v) is 13.6. The highest BCUT2D eigenvalue weighted by atomic mass is 16.6. The molecule has 2 N–H and O–H groups in total. The Morgan fingerprint density at radius 1 is 1.25 bits per heavy atom. The molecule has 4 rings (SSSR count). The average Bonchev–Trinajstić information content (AvgIpc) is 3.32. The van der Waals surface area contributed by atoms with Gasteiger partial charge < -0.3 is 15.5 Å². The number of carbonyl (C=O) groups is 1. The van der Waals surface area contributed by atoms with Gasteiger partial charge in [-0.05, 0) is 38.2 Å². The minimum absolute atomic E-state index is 0.184. The Balaban J connectivity index is 1.50. The summed E-state index contributed by atoms with van der Waals surface area (Å²) in [6, 6.07) is 3.61. The van der Waals surface area contributed by atoms with E-state index in [0.717, 1.165) is 68.7 Å². The van der Waals surface area contributed by atoms with Crippen molar-refractivity contribution < 1.29 is 9.72 Å². The molecule has 0 unspecified atom stereocenters. The van der Waals surface area contributed by atoms with Crippen molar-refractivity contribution in [2.75, 3.05) is 29.9 Å². The number of anilines is 2. The number of carbonyl (C=O) groups excluding carboxylic acids is 1. The second kappa shape index (κ2) is 5.96. The third kappa shape index (κ3) is 2.79. The van der Waals surface area contributed by atoms with Crippen LogP contribution in [0.4, 0.5) is 17.1 Å². The lowest BCUT2D eigenvalue weighted by Gasteiger charge is -2.34. The molecule has 1 aromatic carbocycles. The maximum Gasteiger partial charge on any atom is 0.292 e. The number of hydrogen-bond donors (Lipinski definition) is 2. The van der Waals surface area contributed by atoms with Crippen molar-refractivity contribution in [3.63, 3.8) is 0 Å². The second-order valence-corrected chi connectivity index (χ2v) is 6.94. The predicted molar refractivity (Wildman–Crippen MR) is 91.4 cm³/mol. The summed E-state index contributed by atoms with van der Waals surface area (Å²) in [6.45, 7) is 2.32. The van der Waals surface area contributed by atoms with Gasteiger partial charge in [-0.1, -0.05) is 0 Å². The fraction of sp³-hybridized carbons (Fsp3) is 0.588. The average molecular weight is 330 g/mol. The molecule has 3 aliphatic rings. The molecule has 7 nitrogen and oxygen atoms in total. The van der Waals surface area contributed by atoms with Crippen molar-refractivity contribution in [2.24, 2.45) is 5.92 Å². The van der Waals surface area contributed by atoms with Crippen LogP contribution in [0.25, 0.3) is 0 Å². The van der Waals surface area contributed by atoms with Gasteiger partial charge in [-0.15, -0.1) is 0 Å². The number of nitro benzene ring substituents is 1. The minimum atomic E-state index is -0.283. The number of hydrogen-bond acceptors (Lipinski definition) is 5. The SMILES string of the molecule is O=C(NC1CCN(c2c([N+](=O)[O-])ccc3c2CCN3)CC1)C1CC1. The van der Waals surface area contributed by atoms with Gasteiger partial charge in [-0.3, -0.25) is 14.9 Å². The maximum absolute atomic E-state index is 11.9. The number of amides is 1. The summed E-state index contributed by atoms with van der Waals surface area (Å²) in [5, 5.41) is 17.9. The summed E-state index contributed by atoms with van der Waals surface area (Å²) in [5.41, 5.74) is 3.04. The largest absolute Gasteiger partial charge is 0.384 e. The predicted octanol–water partition coefficient (Wildman–Crippen LogP) is 2.06. The normalized spacial score (nSPS) is 20.4. The van der Waals surface area contributed by atoms with Gasteiger partial charge >= 0.3 is 0 Å². The van der Waals surface area contributed by atoms with Crippen molar-refractivity contribution in [3.8, 4) is 0 Å². The standard InChI is InChI=1S/C17H22N4O3/c22-17(11-1-2-11)19-12-6-9-20(10-7-12)16-13-5-8-18-14(13)3-4-15(16)21(23)24/h3-4,11-12,18H,1-2,5-10H2,(H,19,22). The molecule has 1 saturated heterocycles. The second-order valence-electron chi connectivity index (χ2n) is 6.94. The van der Waals surface area contributed by atoms with E-state index >= 15 is 0 Å². The quantitative estimate of drug-likeness (QED) is 0.652. The van der Waals surface area contributed by atoms with E-state index in [1.165, 1.54) is 0 Å². The highest BCUT2D eigenvalue weighted by Gasteiger charge is 2.33. The molecule has 2 heterocycles. The molecule has 2 fully saturated rings. The number of benzene rings is 1. The number of rotatable bonds is 4. The number of nitrogens with zero attached hydrogens (tertiary/aromatic N) is 2. The van der Waals surface area contributed by atoms with E-state index in [-0.39, 0.29) is 28.5 Å². The van der Waals surface area contributed by atoms with Gasteiger partial charge in [0.15, 0.2) is 0 Å². The van der Waals surface area contributed by atoms with E-state index in [1.54, 1.807) is 6.07 Å². The van der Waals surface area contributed by atoms with Crippen molar-refractivity contribution in [2.45, 2.75) is 38.1 Å². The summed E-state index contributed by atoms with van der Waals surface area (Å²) in [6.07, 6.45) is 4.53. The van der Waals surface area contributed by atoms with E-state index in [1.807, 2.05) is 6.07 Å². The maximum atomic E-state index is 11.9. The molecule has 7 heteroatoms. The molecule has 0 radical (unpaired) electrons. The Labute approximate surface area is 140 Å². The van der Waals surface area contributed by atoms with Crippen LogP contribution in [-0.2, 0) is 11.2 Å². The molecule has 0 bridgehead atoms. The first-order chi connectivity index (χ1) is 11.6. The zero-order chi connectivity index (χ0) is 16.7. The van der Waals surface area contributed by atoms with E-state index in [2.05, 4.69) is 15.5 Å². The lowest BCUT2D eigenvalue weighted by Crippen LogP contribution is -2.45. The highest BCUT2D eigenvalue weighted by Crippen LogP contribution is 2.40. The zero-order valence-electron chi connectivity index (χ0n) is 13.6. The summed E-state index contributed by atoms with van der Waals surface area (Å²) >= 11 is 0. The van der Waals surface area contributed by atoms with Gasteiger partial charge in [0.2, 0.25) is 5.91 Å². The van der Waals surface area contributed by atoms with Crippen LogP contribution >= 0.6 is 0 Å². The van der Waals surface area contributed by atoms with E-state index in [9.17, 15) is 14.9 Å². The molecule has 1 aromatic rings. The summed E-state index contributed by atoms with van der Waals surface area (Å²) in [7, 11) is 0. The molecule has 0 atom stereocenters. The van der Waals surface area contributed by atoms with Crippen molar-refractivity contribution in [3.05, 3.63) is 27.8 Å². The first-order valence-electron chi connectivity index (χ1n) is 8.73. The van der Waals surface area contributed by atoms with Crippen LogP contribution in [0.2, 0.25) is 0 Å². The number of fused-ring (bicyclic) bond motifs is 1. The first kappa shape index (κ1) is 15.2. The minimum Gasteiger partial charge on any atom is -0.384 e. The smallest absolute Gasteiger partial charge is 0.292 e. The number of piperidine rings is 1. The third-order valence-corrected chi connectivity index (χ3v) is 5.25. The van der Waals surface area contributed by atoms with Crippen molar-refractivity contribution >= 4 is 23.0 Å². The van der Waals surface area contributed by atoms with E-state index < -0.39 is 0 Å². The van der Waals surface area contributed by atoms with Crippen LogP contribution in [0.15, 0.2) is 12.1 Å². The van der Waals surface area contributed by atoms with Crippen LogP contribution in [0.3, 0.4) is 0 Å². The highest BCUT2D eigenvalue weighted by molar-refractivity contribution is 5.81. The van der Waals surface area contributed by atoms with Crippen LogP contribution in [0, 0.1) is 16.0 Å². The topological polar surface area (TPSA) is 87.5 Å². The molecule has 0 spiro atoms. The van der Waals surface area contributed by atoms with Crippen LogP contribution < -0.4 is 15.5 Å². The van der Waals surface area contributed by atoms with Crippen LogP contribution in [0.1, 0.15) is 31.2 Å². The lowest BCUT2D eigenvalue weighted by atomic mass is 10.0. The fourth-order valence-electron chi connectivity index (χ4n) is 3.78. The molecule has 1 aliphatic carbocycles.